The monoisotopic (exact) mass is 398 g/mol. The molecule has 0 amide bonds. The number of pyridine rings is 2. The maximum absolute atomic E-state index is 4.85. The Morgan fingerprint density at radius 2 is 1.90 bits per heavy atom. The Labute approximate surface area is 168 Å². The van der Waals surface area contributed by atoms with Gasteiger partial charge in [0.2, 0.25) is 0 Å². The van der Waals surface area contributed by atoms with E-state index >= 15 is 0 Å². The number of thiophene rings is 1. The second-order valence-electron chi connectivity index (χ2n) is 6.73. The van der Waals surface area contributed by atoms with Crippen LogP contribution in [0.2, 0.25) is 0 Å². The fourth-order valence-corrected chi connectivity index (χ4v) is 4.30. The van der Waals surface area contributed by atoms with Crippen LogP contribution in [0.5, 0.6) is 0 Å². The summed E-state index contributed by atoms with van der Waals surface area (Å²) in [6.45, 7) is 2.09. The molecule has 0 aromatic carbocycles. The number of nitrogens with one attached hydrogen (secondary N) is 3. The van der Waals surface area contributed by atoms with Crippen LogP contribution < -0.4 is 0 Å². The molecule has 9 heteroatoms. The fraction of sp³-hybridized carbons (Fsp3) is 0.0500. The van der Waals surface area contributed by atoms with Crippen molar-refractivity contribution in [2.45, 2.75) is 6.92 Å². The molecule has 0 atom stereocenters. The molecule has 0 aliphatic carbocycles. The summed E-state index contributed by atoms with van der Waals surface area (Å²) in [5.74, 6) is 0.658. The highest BCUT2D eigenvalue weighted by molar-refractivity contribution is 7.15. The van der Waals surface area contributed by atoms with Crippen molar-refractivity contribution in [3.05, 3.63) is 53.9 Å². The Balaban J connectivity index is 1.53. The molecule has 0 saturated carbocycles. The molecular weight excluding hydrogens is 384 g/mol. The molecule has 0 spiro atoms. The topological polar surface area (TPSA) is 112 Å². The summed E-state index contributed by atoms with van der Waals surface area (Å²) in [5.41, 5.74) is 6.77. The van der Waals surface area contributed by atoms with Crippen LogP contribution in [-0.2, 0) is 0 Å². The normalized spacial score (nSPS) is 11.6. The highest BCUT2D eigenvalue weighted by atomic mass is 32.1. The van der Waals surface area contributed by atoms with E-state index in [1.807, 2.05) is 24.5 Å². The molecule has 140 valence electrons. The van der Waals surface area contributed by atoms with E-state index in [1.165, 1.54) is 4.88 Å². The number of rotatable bonds is 3. The molecule has 0 bridgehead atoms. The minimum Gasteiger partial charge on any atom is -0.335 e. The molecule has 29 heavy (non-hydrogen) atoms. The first-order chi connectivity index (χ1) is 14.3. The Hall–Kier alpha value is -3.85. The minimum absolute atomic E-state index is 0.658. The van der Waals surface area contributed by atoms with Gasteiger partial charge in [-0.2, -0.15) is 10.2 Å². The standard InChI is InChI=1S/C20H14N8S/c1-10-2-5-16(29-10)12-8-21-9-15-17(12)26-20(25-15)19-18-14(27-28-19)4-3-13(24-18)11-6-22-23-7-11/h2-9H,1H3,(H,22,23)(H,25,26)(H,27,28). The largest absolute Gasteiger partial charge is 0.335 e. The van der Waals surface area contributed by atoms with E-state index in [2.05, 4.69) is 49.4 Å². The van der Waals surface area contributed by atoms with Gasteiger partial charge in [0, 0.05) is 33.3 Å². The van der Waals surface area contributed by atoms with Gasteiger partial charge in [0.1, 0.15) is 11.0 Å². The Morgan fingerprint density at radius 3 is 2.72 bits per heavy atom. The molecule has 0 saturated heterocycles. The third kappa shape index (κ3) is 2.55. The molecule has 0 aliphatic rings. The van der Waals surface area contributed by atoms with Crippen LogP contribution in [0.3, 0.4) is 0 Å². The van der Waals surface area contributed by atoms with Crippen molar-refractivity contribution in [2.24, 2.45) is 0 Å². The molecule has 6 heterocycles. The van der Waals surface area contributed by atoms with E-state index in [4.69, 9.17) is 9.97 Å². The van der Waals surface area contributed by atoms with Crippen LogP contribution >= 0.6 is 11.3 Å². The van der Waals surface area contributed by atoms with Crippen molar-refractivity contribution in [3.63, 3.8) is 0 Å². The van der Waals surface area contributed by atoms with Crippen molar-refractivity contribution in [1.82, 2.24) is 40.3 Å². The van der Waals surface area contributed by atoms with Gasteiger partial charge in [-0.05, 0) is 31.2 Å². The number of H-pyrrole nitrogens is 3. The lowest BCUT2D eigenvalue weighted by Gasteiger charge is -1.97. The van der Waals surface area contributed by atoms with Crippen LogP contribution in [0.4, 0.5) is 0 Å². The highest BCUT2D eigenvalue weighted by Crippen LogP contribution is 2.34. The summed E-state index contributed by atoms with van der Waals surface area (Å²) in [5, 5.41) is 14.3. The van der Waals surface area contributed by atoms with E-state index < -0.39 is 0 Å². The Morgan fingerprint density at radius 1 is 0.931 bits per heavy atom. The SMILES string of the molecule is Cc1ccc(-c2cncc3[nH]c(-c4n[nH]c5ccc(-c6cn[nH]c6)nc45)nc23)s1. The van der Waals surface area contributed by atoms with Crippen LogP contribution in [-0.4, -0.2) is 40.3 Å². The smallest absolute Gasteiger partial charge is 0.161 e. The predicted octanol–water partition coefficient (Wildman–Crippen LogP) is 4.32. The molecule has 6 aromatic rings. The molecular formula is C20H14N8S. The maximum atomic E-state index is 4.85. The van der Waals surface area contributed by atoms with Gasteiger partial charge in [-0.1, -0.05) is 0 Å². The van der Waals surface area contributed by atoms with E-state index in [-0.39, 0.29) is 0 Å². The highest BCUT2D eigenvalue weighted by Gasteiger charge is 2.17. The second-order valence-corrected chi connectivity index (χ2v) is 8.02. The minimum atomic E-state index is 0.658. The molecule has 0 unspecified atom stereocenters. The number of imidazole rings is 1. The van der Waals surface area contributed by atoms with Gasteiger partial charge in [-0.25, -0.2) is 9.97 Å². The summed E-state index contributed by atoms with van der Waals surface area (Å²) < 4.78 is 0. The zero-order chi connectivity index (χ0) is 19.4. The third-order valence-electron chi connectivity index (χ3n) is 4.83. The number of nitrogens with zero attached hydrogens (tertiary/aromatic N) is 5. The van der Waals surface area contributed by atoms with E-state index in [0.29, 0.717) is 11.5 Å². The van der Waals surface area contributed by atoms with Crippen LogP contribution in [0.25, 0.3) is 55.3 Å². The Bertz CT molecular complexity index is 1470. The molecule has 6 aromatic heterocycles. The first kappa shape index (κ1) is 16.1. The average Bonchev–Trinajstić information content (AvgIpc) is 3.51. The predicted molar refractivity (Wildman–Crippen MR) is 112 cm³/mol. The lowest BCUT2D eigenvalue weighted by molar-refractivity contribution is 1.09. The zero-order valence-electron chi connectivity index (χ0n) is 15.3. The summed E-state index contributed by atoms with van der Waals surface area (Å²) in [7, 11) is 0. The first-order valence-electron chi connectivity index (χ1n) is 9.01. The van der Waals surface area contributed by atoms with Gasteiger partial charge in [0.25, 0.3) is 0 Å². The summed E-state index contributed by atoms with van der Waals surface area (Å²) >= 11 is 1.73. The van der Waals surface area contributed by atoms with Gasteiger partial charge in [-0.3, -0.25) is 15.2 Å². The van der Waals surface area contributed by atoms with Gasteiger partial charge in [0.05, 0.1) is 29.1 Å². The van der Waals surface area contributed by atoms with Crippen LogP contribution in [0, 0.1) is 6.92 Å². The first-order valence-corrected chi connectivity index (χ1v) is 9.83. The van der Waals surface area contributed by atoms with Crippen molar-refractivity contribution < 1.29 is 0 Å². The summed E-state index contributed by atoms with van der Waals surface area (Å²) in [6.07, 6.45) is 7.21. The van der Waals surface area contributed by atoms with Crippen molar-refractivity contribution in [2.75, 3.05) is 0 Å². The molecule has 0 fully saturated rings. The van der Waals surface area contributed by atoms with Gasteiger partial charge in [0.15, 0.2) is 11.5 Å². The molecule has 0 radical (unpaired) electrons. The van der Waals surface area contributed by atoms with E-state index in [1.54, 1.807) is 23.7 Å². The van der Waals surface area contributed by atoms with Gasteiger partial charge < -0.3 is 4.98 Å². The lowest BCUT2D eigenvalue weighted by atomic mass is 10.2. The number of fused-ring (bicyclic) bond motifs is 2. The fourth-order valence-electron chi connectivity index (χ4n) is 3.42. The maximum Gasteiger partial charge on any atom is 0.161 e. The van der Waals surface area contributed by atoms with E-state index in [9.17, 15) is 0 Å². The molecule has 3 N–H and O–H groups in total. The van der Waals surface area contributed by atoms with Gasteiger partial charge >= 0.3 is 0 Å². The second kappa shape index (κ2) is 6.08. The quantitative estimate of drug-likeness (QED) is 0.411. The number of aromatic nitrogens is 8. The number of hydrogen-bond acceptors (Lipinski definition) is 6. The number of aromatic amines is 3. The number of aryl methyl sites for hydroxylation is 1. The Kier molecular flexibility index (Phi) is 3.38. The van der Waals surface area contributed by atoms with Crippen LogP contribution in [0.1, 0.15) is 4.88 Å². The van der Waals surface area contributed by atoms with Crippen molar-refractivity contribution in [3.8, 4) is 33.2 Å². The van der Waals surface area contributed by atoms with Gasteiger partial charge in [-0.15, -0.1) is 11.3 Å². The van der Waals surface area contributed by atoms with Crippen molar-refractivity contribution in [1.29, 1.82) is 0 Å². The zero-order valence-corrected chi connectivity index (χ0v) is 16.1. The summed E-state index contributed by atoms with van der Waals surface area (Å²) in [4.78, 5) is 19.8. The van der Waals surface area contributed by atoms with E-state index in [0.717, 1.165) is 43.8 Å². The molecule has 8 nitrogen and oxygen atoms in total. The number of hydrogen-bond donors (Lipinski definition) is 3. The lowest BCUT2D eigenvalue weighted by Crippen LogP contribution is -1.86. The molecule has 0 aliphatic heterocycles. The third-order valence-corrected chi connectivity index (χ3v) is 5.86. The van der Waals surface area contributed by atoms with Crippen molar-refractivity contribution >= 4 is 33.4 Å². The summed E-state index contributed by atoms with van der Waals surface area (Å²) in [6, 6.07) is 8.11. The van der Waals surface area contributed by atoms with Crippen LogP contribution in [0.15, 0.2) is 49.1 Å². The average molecular weight is 398 g/mol. The molecule has 6 rings (SSSR count).